The Labute approximate surface area is 335 Å². The largest absolute Gasteiger partial charge is 0.398 e. The lowest BCUT2D eigenvalue weighted by molar-refractivity contribution is 0.129. The lowest BCUT2D eigenvalue weighted by Crippen LogP contribution is -2.55. The first kappa shape index (κ1) is 38.1. The molecule has 0 amide bonds. The quantitative estimate of drug-likeness (QED) is 0.0945. The van der Waals surface area contributed by atoms with Gasteiger partial charge in [0, 0.05) is 32.0 Å². The number of aryl methyl sites for hydroxylation is 1. The van der Waals surface area contributed by atoms with E-state index in [4.69, 9.17) is 36.7 Å². The summed E-state index contributed by atoms with van der Waals surface area (Å²) < 4.78 is 0. The molecule has 54 heavy (non-hydrogen) atoms. The molecule has 0 saturated heterocycles. The van der Waals surface area contributed by atoms with Crippen LogP contribution in [-0.4, -0.2) is 13.4 Å². The second kappa shape index (κ2) is 15.5. The van der Waals surface area contributed by atoms with Crippen molar-refractivity contribution in [2.75, 3.05) is 0 Å². The first-order valence-corrected chi connectivity index (χ1v) is 20.3. The average molecular weight is 745 g/mol. The van der Waals surface area contributed by atoms with E-state index in [1.165, 1.54) is 78.7 Å². The van der Waals surface area contributed by atoms with E-state index in [2.05, 4.69) is 133 Å². The maximum atomic E-state index is 7.33. The first-order chi connectivity index (χ1) is 25.9. The fourth-order valence-electron chi connectivity index (χ4n) is 9.10. The van der Waals surface area contributed by atoms with Gasteiger partial charge in [-0.25, -0.2) is 0 Å². The number of hydrogen-bond acceptors (Lipinski definition) is 4. The Kier molecular flexibility index (Phi) is 11.0. The van der Waals surface area contributed by atoms with Crippen molar-refractivity contribution < 1.29 is 0 Å². The van der Waals surface area contributed by atoms with Crippen molar-refractivity contribution in [1.82, 2.24) is 0 Å². The zero-order valence-electron chi connectivity index (χ0n) is 32.5. The van der Waals surface area contributed by atoms with Crippen molar-refractivity contribution >= 4 is 49.8 Å². The maximum Gasteiger partial charge on any atom is 0.139 e. The molecule has 0 radical (unpaired) electrons. The number of rotatable bonds is 8. The van der Waals surface area contributed by atoms with Gasteiger partial charge in [0.25, 0.3) is 0 Å². The molecule has 5 aromatic rings. The van der Waals surface area contributed by atoms with Gasteiger partial charge in [-0.15, -0.1) is 25.3 Å². The molecule has 2 aliphatic carbocycles. The van der Waals surface area contributed by atoms with E-state index < -0.39 is 0 Å². The van der Waals surface area contributed by atoms with E-state index in [0.29, 0.717) is 5.70 Å². The minimum atomic E-state index is -0.343. The molecule has 0 aliphatic heterocycles. The number of hydrogen-bond donors (Lipinski definition) is 4. The van der Waals surface area contributed by atoms with Crippen LogP contribution < -0.4 is 16.9 Å². The van der Waals surface area contributed by atoms with Gasteiger partial charge < -0.3 is 11.5 Å². The summed E-state index contributed by atoms with van der Waals surface area (Å²) in [5.41, 5.74) is 31.7. The van der Waals surface area contributed by atoms with Crippen LogP contribution in [0.5, 0.6) is 0 Å². The van der Waals surface area contributed by atoms with Crippen molar-refractivity contribution in [2.24, 2.45) is 16.9 Å². The minimum absolute atomic E-state index is 0.190. The lowest BCUT2D eigenvalue weighted by atomic mass is 9.57. The number of nitrogens with two attached hydrogens (primary N) is 2. The molecular formula is C49H53BN2S2. The van der Waals surface area contributed by atoms with Crippen molar-refractivity contribution in [2.45, 2.75) is 88.0 Å². The number of benzene rings is 5. The van der Waals surface area contributed by atoms with Gasteiger partial charge in [-0.3, -0.25) is 0 Å². The van der Waals surface area contributed by atoms with E-state index in [0.717, 1.165) is 53.9 Å². The highest BCUT2D eigenvalue weighted by atomic mass is 32.1. The van der Waals surface area contributed by atoms with Gasteiger partial charge in [0.15, 0.2) is 0 Å². The van der Waals surface area contributed by atoms with Gasteiger partial charge in [-0.05, 0) is 132 Å². The van der Waals surface area contributed by atoms with Crippen LogP contribution in [0.4, 0.5) is 0 Å². The Bertz CT molecular complexity index is 2320. The summed E-state index contributed by atoms with van der Waals surface area (Å²) in [7, 11) is 2.17. The van der Waals surface area contributed by atoms with Crippen molar-refractivity contribution in [1.29, 1.82) is 0 Å². The van der Waals surface area contributed by atoms with Crippen LogP contribution >= 0.6 is 25.3 Å². The zero-order chi connectivity index (χ0) is 38.2. The van der Waals surface area contributed by atoms with E-state index in [1.807, 2.05) is 18.2 Å². The Morgan fingerprint density at radius 1 is 0.796 bits per heavy atom. The molecule has 0 aromatic heterocycles. The topological polar surface area (TPSA) is 52.0 Å². The highest BCUT2D eigenvalue weighted by molar-refractivity contribution is 7.80. The van der Waals surface area contributed by atoms with E-state index in [1.54, 1.807) is 0 Å². The molecule has 5 aromatic carbocycles. The van der Waals surface area contributed by atoms with Gasteiger partial charge in [0.1, 0.15) is 7.85 Å². The Morgan fingerprint density at radius 2 is 1.50 bits per heavy atom. The van der Waals surface area contributed by atoms with Gasteiger partial charge in [0.05, 0.1) is 0 Å². The maximum absolute atomic E-state index is 7.33. The van der Waals surface area contributed by atoms with Crippen molar-refractivity contribution in [3.63, 3.8) is 0 Å². The molecule has 0 heterocycles. The average Bonchev–Trinajstić information content (AvgIpc) is 3.16. The first-order valence-electron chi connectivity index (χ1n) is 19.4. The molecule has 5 heteroatoms. The monoisotopic (exact) mass is 744 g/mol. The second-order valence-corrected chi connectivity index (χ2v) is 17.0. The summed E-state index contributed by atoms with van der Waals surface area (Å²) in [6.07, 6.45) is 11.7. The third-order valence-electron chi connectivity index (χ3n) is 12.5. The molecule has 0 bridgehead atoms. The molecule has 2 atom stereocenters. The van der Waals surface area contributed by atoms with Crippen LogP contribution in [0.25, 0.3) is 33.5 Å². The Morgan fingerprint density at radius 3 is 2.24 bits per heavy atom. The molecule has 1 fully saturated rings. The molecular weight excluding hydrogens is 691 g/mol. The van der Waals surface area contributed by atoms with Gasteiger partial charge in [-0.2, -0.15) is 0 Å². The molecule has 2 nitrogen and oxygen atoms in total. The van der Waals surface area contributed by atoms with Crippen LogP contribution in [-0.2, 0) is 6.42 Å². The summed E-state index contributed by atoms with van der Waals surface area (Å²) in [5.74, 6) is 0. The van der Waals surface area contributed by atoms with Crippen molar-refractivity contribution in [3.05, 3.63) is 160 Å². The van der Waals surface area contributed by atoms with Crippen molar-refractivity contribution in [3.8, 4) is 22.3 Å². The SMILES string of the molecule is Bc1ccc(Cc2cc(-c3ccccc3C)c(C)c(C3=CCCC(C4(C)CCCCC4(C)N)=C3/C=C(\N)c3ccccc3S)c2S)c(-c2ccccc2)c1. The normalized spacial score (nSPS) is 20.6. The zero-order valence-corrected chi connectivity index (χ0v) is 34.3. The molecule has 1 saturated carbocycles. The summed E-state index contributed by atoms with van der Waals surface area (Å²) in [4.78, 5) is 1.88. The van der Waals surface area contributed by atoms with E-state index in [9.17, 15) is 0 Å². The van der Waals surface area contributed by atoms with Crippen LogP contribution in [0.3, 0.4) is 0 Å². The van der Waals surface area contributed by atoms with Crippen LogP contribution in [0, 0.1) is 19.3 Å². The molecule has 7 rings (SSSR count). The molecule has 2 unspecified atom stereocenters. The van der Waals surface area contributed by atoms with Gasteiger partial charge in [-0.1, -0.05) is 128 Å². The molecule has 274 valence electrons. The lowest BCUT2D eigenvalue weighted by Gasteiger charge is -2.51. The standard InChI is InChI=1S/C49H53BN2S2/c1-31-15-8-9-18-37(31)40-28-35(27-34-23-24-36(50)29-41(34)33-16-6-5-7-17-33)47(54)46(32(40)2)38-20-14-21-43(48(3)25-12-13-26-49(48,4)52)42(38)30-44(51)39-19-10-11-22-45(39)53/h5-11,15-20,22-24,28-30,53-54H,12-14,21,25-27,50-52H2,1-4H3/b44-30-. The predicted molar refractivity (Wildman–Crippen MR) is 241 cm³/mol. The minimum Gasteiger partial charge on any atom is -0.398 e. The third-order valence-corrected chi connectivity index (χ3v) is 13.4. The third kappa shape index (κ3) is 7.19. The molecule has 2 aliphatic rings. The Balaban J connectivity index is 1.50. The van der Waals surface area contributed by atoms with Gasteiger partial charge >= 0.3 is 0 Å². The highest BCUT2D eigenvalue weighted by Crippen LogP contribution is 2.54. The van der Waals surface area contributed by atoms with E-state index in [-0.39, 0.29) is 11.0 Å². The number of thiol groups is 2. The van der Waals surface area contributed by atoms with Crippen LogP contribution in [0.1, 0.15) is 85.8 Å². The van der Waals surface area contributed by atoms with Gasteiger partial charge in [0.2, 0.25) is 0 Å². The highest BCUT2D eigenvalue weighted by Gasteiger charge is 2.47. The summed E-state index contributed by atoms with van der Waals surface area (Å²) >= 11 is 10.4. The predicted octanol–water partition coefficient (Wildman–Crippen LogP) is 10.8. The summed E-state index contributed by atoms with van der Waals surface area (Å²) in [6.45, 7) is 9.17. The summed E-state index contributed by atoms with van der Waals surface area (Å²) in [6, 6.07) is 36.8. The van der Waals surface area contributed by atoms with Crippen LogP contribution in [0.2, 0.25) is 0 Å². The smallest absolute Gasteiger partial charge is 0.139 e. The molecule has 0 spiro atoms. The summed E-state index contributed by atoms with van der Waals surface area (Å²) in [5, 5.41) is 0. The van der Waals surface area contributed by atoms with Crippen LogP contribution in [0.15, 0.2) is 136 Å². The van der Waals surface area contributed by atoms with E-state index >= 15 is 0 Å². The number of allylic oxidation sites excluding steroid dienone is 4. The second-order valence-electron chi connectivity index (χ2n) is 16.1. The fourth-order valence-corrected chi connectivity index (χ4v) is 9.82. The fraction of sp³-hybridized carbons (Fsp3) is 0.265. The molecule has 4 N–H and O–H groups in total. The Hall–Kier alpha value is -4.16.